The molecule has 0 bridgehead atoms. The summed E-state index contributed by atoms with van der Waals surface area (Å²) >= 11 is 1.87. The molecule has 2 heterocycles. The normalized spacial score (nSPS) is 20.6. The molecule has 0 aliphatic carbocycles. The van der Waals surface area contributed by atoms with Crippen LogP contribution in [0.25, 0.3) is 0 Å². The summed E-state index contributed by atoms with van der Waals surface area (Å²) in [6.07, 6.45) is 2.32. The van der Waals surface area contributed by atoms with Crippen LogP contribution < -0.4 is 5.32 Å². The number of piperidine rings is 1. The van der Waals surface area contributed by atoms with Gasteiger partial charge in [0, 0.05) is 24.0 Å². The molecule has 4 heteroatoms. The molecular weight excluding hydrogens is 242 g/mol. The van der Waals surface area contributed by atoms with Crippen molar-refractivity contribution in [3.05, 3.63) is 15.6 Å². The first-order chi connectivity index (χ1) is 8.43. The highest BCUT2D eigenvalue weighted by Gasteiger charge is 2.38. The van der Waals surface area contributed by atoms with Crippen LogP contribution in [0.4, 0.5) is 0 Å². The van der Waals surface area contributed by atoms with E-state index in [9.17, 15) is 0 Å². The molecule has 0 radical (unpaired) electrons. The van der Waals surface area contributed by atoms with Crippen LogP contribution in [0.2, 0.25) is 0 Å². The smallest absolute Gasteiger partial charge is 0.113 e. The Kier molecular flexibility index (Phi) is 4.09. The third-order valence-electron chi connectivity index (χ3n) is 3.84. The second-order valence-corrected chi connectivity index (χ2v) is 7.05. The summed E-state index contributed by atoms with van der Waals surface area (Å²) in [5.74, 6) is 0. The molecule has 0 aromatic carbocycles. The van der Waals surface area contributed by atoms with Crippen LogP contribution in [0.5, 0.6) is 0 Å². The van der Waals surface area contributed by atoms with E-state index in [0.717, 1.165) is 25.9 Å². The lowest BCUT2D eigenvalue weighted by Gasteiger charge is -2.41. The molecule has 18 heavy (non-hydrogen) atoms. The van der Waals surface area contributed by atoms with Crippen molar-refractivity contribution < 1.29 is 0 Å². The van der Waals surface area contributed by atoms with Crippen molar-refractivity contribution >= 4 is 11.3 Å². The van der Waals surface area contributed by atoms with E-state index < -0.39 is 0 Å². The fraction of sp³-hybridized carbons (Fsp3) is 0.786. The second kappa shape index (κ2) is 5.27. The zero-order valence-corrected chi connectivity index (χ0v) is 13.0. The first-order valence-electron chi connectivity index (χ1n) is 6.84. The van der Waals surface area contributed by atoms with E-state index in [2.05, 4.69) is 45.0 Å². The lowest BCUT2D eigenvalue weighted by atomic mass is 9.87. The van der Waals surface area contributed by atoms with Crippen LogP contribution in [-0.2, 0) is 5.54 Å². The summed E-state index contributed by atoms with van der Waals surface area (Å²) in [6.45, 7) is 11.1. The number of hydrogen-bond acceptors (Lipinski definition) is 4. The molecule has 1 aromatic rings. The summed E-state index contributed by atoms with van der Waals surface area (Å²) < 4.78 is 0. The van der Waals surface area contributed by atoms with E-state index in [0.29, 0.717) is 6.04 Å². The van der Waals surface area contributed by atoms with Gasteiger partial charge in [0.05, 0.1) is 11.2 Å². The van der Waals surface area contributed by atoms with E-state index in [1.807, 2.05) is 11.3 Å². The molecule has 0 spiro atoms. The zero-order valence-electron chi connectivity index (χ0n) is 12.2. The number of rotatable bonds is 3. The highest BCUT2D eigenvalue weighted by molar-refractivity contribution is 7.11. The van der Waals surface area contributed by atoms with Crippen LogP contribution in [-0.4, -0.2) is 36.1 Å². The Morgan fingerprint density at radius 2 is 1.89 bits per heavy atom. The van der Waals surface area contributed by atoms with Gasteiger partial charge in [0.15, 0.2) is 0 Å². The van der Waals surface area contributed by atoms with Crippen molar-refractivity contribution in [2.75, 3.05) is 20.1 Å². The molecule has 102 valence electrons. The van der Waals surface area contributed by atoms with Gasteiger partial charge in [-0.3, -0.25) is 0 Å². The van der Waals surface area contributed by atoms with E-state index in [-0.39, 0.29) is 5.54 Å². The van der Waals surface area contributed by atoms with Crippen molar-refractivity contribution in [3.63, 3.8) is 0 Å². The maximum atomic E-state index is 4.82. The van der Waals surface area contributed by atoms with E-state index >= 15 is 0 Å². The Morgan fingerprint density at radius 1 is 1.28 bits per heavy atom. The van der Waals surface area contributed by atoms with Gasteiger partial charge in [-0.05, 0) is 47.6 Å². The van der Waals surface area contributed by atoms with Gasteiger partial charge in [-0.2, -0.15) is 0 Å². The van der Waals surface area contributed by atoms with Crippen molar-refractivity contribution in [2.24, 2.45) is 0 Å². The highest BCUT2D eigenvalue weighted by atomic mass is 32.1. The SMILES string of the molecule is Cc1nc(C2(NC(C)C)CCN(C)CC2)sc1C. The van der Waals surface area contributed by atoms with Crippen LogP contribution in [0.3, 0.4) is 0 Å². The molecule has 0 atom stereocenters. The third-order valence-corrected chi connectivity index (χ3v) is 5.12. The first-order valence-corrected chi connectivity index (χ1v) is 7.65. The maximum absolute atomic E-state index is 4.82. The highest BCUT2D eigenvalue weighted by Crippen LogP contribution is 2.36. The molecule has 1 saturated heterocycles. The van der Waals surface area contributed by atoms with Gasteiger partial charge in [-0.1, -0.05) is 0 Å². The average Bonchev–Trinajstić information content (AvgIpc) is 2.63. The minimum Gasteiger partial charge on any atom is -0.306 e. The fourth-order valence-electron chi connectivity index (χ4n) is 2.65. The monoisotopic (exact) mass is 267 g/mol. The molecule has 1 aliphatic rings. The standard InChI is InChI=1S/C14H25N3S/c1-10(2)16-14(6-8-17(5)9-7-14)13-15-11(3)12(4)18-13/h10,16H,6-9H2,1-5H3. The van der Waals surface area contributed by atoms with Crippen molar-refractivity contribution in [2.45, 2.75) is 52.1 Å². The van der Waals surface area contributed by atoms with Crippen molar-refractivity contribution in [1.82, 2.24) is 15.2 Å². The average molecular weight is 267 g/mol. The summed E-state index contributed by atoms with van der Waals surface area (Å²) in [6, 6.07) is 0.498. The van der Waals surface area contributed by atoms with Crippen LogP contribution >= 0.6 is 11.3 Å². The Balaban J connectivity index is 2.29. The van der Waals surface area contributed by atoms with Gasteiger partial charge in [0.2, 0.25) is 0 Å². The number of nitrogens with zero attached hydrogens (tertiary/aromatic N) is 2. The fourth-order valence-corrected chi connectivity index (χ4v) is 3.77. The lowest BCUT2D eigenvalue weighted by molar-refractivity contribution is 0.147. The van der Waals surface area contributed by atoms with Gasteiger partial charge in [0.25, 0.3) is 0 Å². The Labute approximate surface area is 115 Å². The van der Waals surface area contributed by atoms with E-state index in [4.69, 9.17) is 4.98 Å². The Bertz CT molecular complexity index is 384. The molecule has 0 saturated carbocycles. The third kappa shape index (κ3) is 2.76. The number of aromatic nitrogens is 1. The van der Waals surface area contributed by atoms with Gasteiger partial charge in [0.1, 0.15) is 5.01 Å². The molecule has 2 rings (SSSR count). The molecule has 1 aliphatic heterocycles. The molecule has 0 unspecified atom stereocenters. The van der Waals surface area contributed by atoms with Crippen LogP contribution in [0.15, 0.2) is 0 Å². The molecule has 3 nitrogen and oxygen atoms in total. The molecule has 1 aromatic heterocycles. The number of aryl methyl sites for hydroxylation is 2. The van der Waals surface area contributed by atoms with E-state index in [1.165, 1.54) is 15.6 Å². The first kappa shape index (κ1) is 14.0. The Morgan fingerprint density at radius 3 is 2.33 bits per heavy atom. The molecular formula is C14H25N3S. The second-order valence-electron chi connectivity index (χ2n) is 5.85. The van der Waals surface area contributed by atoms with Crippen molar-refractivity contribution in [3.8, 4) is 0 Å². The van der Waals surface area contributed by atoms with Gasteiger partial charge >= 0.3 is 0 Å². The molecule has 1 fully saturated rings. The summed E-state index contributed by atoms with van der Waals surface area (Å²) in [5, 5.41) is 5.08. The quantitative estimate of drug-likeness (QED) is 0.912. The van der Waals surface area contributed by atoms with Gasteiger partial charge in [-0.25, -0.2) is 4.98 Å². The predicted octanol–water partition coefficient (Wildman–Crippen LogP) is 2.68. The number of likely N-dealkylation sites (tertiary alicyclic amines) is 1. The van der Waals surface area contributed by atoms with Gasteiger partial charge < -0.3 is 10.2 Å². The minimum atomic E-state index is 0.102. The summed E-state index contributed by atoms with van der Waals surface area (Å²) in [7, 11) is 2.21. The van der Waals surface area contributed by atoms with E-state index in [1.54, 1.807) is 0 Å². The zero-order chi connectivity index (χ0) is 13.3. The number of hydrogen-bond donors (Lipinski definition) is 1. The van der Waals surface area contributed by atoms with Gasteiger partial charge in [-0.15, -0.1) is 11.3 Å². The van der Waals surface area contributed by atoms with Crippen LogP contribution in [0.1, 0.15) is 42.3 Å². The summed E-state index contributed by atoms with van der Waals surface area (Å²) in [5.41, 5.74) is 1.29. The van der Waals surface area contributed by atoms with Crippen LogP contribution in [0, 0.1) is 13.8 Å². The summed E-state index contributed by atoms with van der Waals surface area (Å²) in [4.78, 5) is 8.59. The molecule has 1 N–H and O–H groups in total. The van der Waals surface area contributed by atoms with Crippen molar-refractivity contribution in [1.29, 1.82) is 0 Å². The largest absolute Gasteiger partial charge is 0.306 e. The molecule has 0 amide bonds. The maximum Gasteiger partial charge on any atom is 0.113 e. The number of thiazole rings is 1. The number of nitrogens with one attached hydrogen (secondary N) is 1. The Hall–Kier alpha value is -0.450. The lowest BCUT2D eigenvalue weighted by Crippen LogP contribution is -2.52. The minimum absolute atomic E-state index is 0.102. The predicted molar refractivity (Wildman–Crippen MR) is 78.3 cm³/mol. The topological polar surface area (TPSA) is 28.2 Å².